The van der Waals surface area contributed by atoms with Crippen molar-refractivity contribution < 1.29 is 36.7 Å². The molecule has 2 aromatic rings. The van der Waals surface area contributed by atoms with Gasteiger partial charge in [0.25, 0.3) is 5.91 Å². The molecule has 0 aromatic heterocycles. The van der Waals surface area contributed by atoms with Crippen LogP contribution in [0.1, 0.15) is 76.4 Å². The van der Waals surface area contributed by atoms with E-state index in [9.17, 15) is 36.7 Å². The predicted octanol–water partition coefficient (Wildman–Crippen LogP) is 5.35. The third-order valence-electron chi connectivity index (χ3n) is 6.52. The van der Waals surface area contributed by atoms with Gasteiger partial charge in [0.05, 0.1) is 17.2 Å². The Bertz CT molecular complexity index is 1270. The summed E-state index contributed by atoms with van der Waals surface area (Å²) in [4.78, 5) is 50.9. The molecule has 0 heterocycles. The molecule has 1 unspecified atom stereocenters. The van der Waals surface area contributed by atoms with Crippen LogP contribution in [0.2, 0.25) is 0 Å². The number of carbonyl (C=O) groups excluding carboxylic acids is 4. The normalized spacial score (nSPS) is 16.7. The minimum Gasteiger partial charge on any atom is -0.381 e. The second-order valence-electron chi connectivity index (χ2n) is 9.04. The molecule has 0 aliphatic heterocycles. The Balaban J connectivity index is 1.85. The Labute approximate surface area is 217 Å². The first-order valence-corrected chi connectivity index (χ1v) is 12.2. The van der Waals surface area contributed by atoms with Crippen LogP contribution in [0.5, 0.6) is 0 Å². The second-order valence-corrected chi connectivity index (χ2v) is 9.04. The highest BCUT2D eigenvalue weighted by Crippen LogP contribution is 2.31. The van der Waals surface area contributed by atoms with E-state index in [1.807, 2.05) is 0 Å². The molecule has 0 saturated heterocycles. The molecular formula is C28H28F4N2O4. The molecule has 1 N–H and O–H groups in total. The third-order valence-corrected chi connectivity index (χ3v) is 6.52. The molecule has 202 valence electrons. The van der Waals surface area contributed by atoms with E-state index in [4.69, 9.17) is 0 Å². The highest BCUT2D eigenvalue weighted by Gasteiger charge is 2.32. The minimum atomic E-state index is -4.68. The molecule has 1 fully saturated rings. The van der Waals surface area contributed by atoms with Gasteiger partial charge in [-0.05, 0) is 42.7 Å². The summed E-state index contributed by atoms with van der Waals surface area (Å²) in [5.74, 6) is -1.87. The van der Waals surface area contributed by atoms with Crippen LogP contribution in [0, 0.1) is 5.82 Å². The molecule has 0 spiro atoms. The minimum absolute atomic E-state index is 0.0257. The highest BCUT2D eigenvalue weighted by atomic mass is 19.4. The molecule has 38 heavy (non-hydrogen) atoms. The van der Waals surface area contributed by atoms with Crippen molar-refractivity contribution in [3.8, 4) is 0 Å². The molecular weight excluding hydrogens is 504 g/mol. The molecule has 1 amide bonds. The Morgan fingerprint density at radius 2 is 1.84 bits per heavy atom. The van der Waals surface area contributed by atoms with Gasteiger partial charge in [0.15, 0.2) is 12.1 Å². The van der Waals surface area contributed by atoms with Gasteiger partial charge in [-0.15, -0.1) is 0 Å². The van der Waals surface area contributed by atoms with Crippen molar-refractivity contribution in [3.05, 3.63) is 76.1 Å². The predicted molar refractivity (Wildman–Crippen MR) is 133 cm³/mol. The van der Waals surface area contributed by atoms with Crippen molar-refractivity contribution in [2.24, 2.45) is 0 Å². The molecule has 6 nitrogen and oxygen atoms in total. The van der Waals surface area contributed by atoms with Crippen molar-refractivity contribution in [1.82, 2.24) is 10.2 Å². The zero-order chi connectivity index (χ0) is 28.0. The molecule has 1 atom stereocenters. The smallest absolute Gasteiger partial charge is 0.381 e. The number of hydrogen-bond acceptors (Lipinski definition) is 5. The first kappa shape index (κ1) is 28.7. The fourth-order valence-corrected chi connectivity index (χ4v) is 4.43. The van der Waals surface area contributed by atoms with Gasteiger partial charge in [-0.2, -0.15) is 13.2 Å². The zero-order valence-corrected chi connectivity index (χ0v) is 21.0. The summed E-state index contributed by atoms with van der Waals surface area (Å²) >= 11 is 0. The Morgan fingerprint density at radius 3 is 2.47 bits per heavy atom. The van der Waals surface area contributed by atoms with Crippen LogP contribution >= 0.6 is 0 Å². The Morgan fingerprint density at radius 1 is 1.11 bits per heavy atom. The molecule has 3 rings (SSSR count). The number of hydrogen-bond donors (Lipinski definition) is 1. The van der Waals surface area contributed by atoms with E-state index in [1.165, 1.54) is 18.0 Å². The van der Waals surface area contributed by atoms with Gasteiger partial charge in [0, 0.05) is 49.7 Å². The number of halogens is 4. The van der Waals surface area contributed by atoms with Crippen molar-refractivity contribution in [2.45, 2.75) is 57.8 Å². The average Bonchev–Trinajstić information content (AvgIpc) is 3.05. The zero-order valence-electron chi connectivity index (χ0n) is 21.0. The number of nitrogens with zero attached hydrogens (tertiary/aromatic N) is 1. The number of nitrogens with one attached hydrogen (secondary N) is 1. The second kappa shape index (κ2) is 12.1. The maximum atomic E-state index is 14.6. The molecule has 0 bridgehead atoms. The quantitative estimate of drug-likeness (QED) is 0.282. The fourth-order valence-electron chi connectivity index (χ4n) is 4.43. The first-order chi connectivity index (χ1) is 18.0. The summed E-state index contributed by atoms with van der Waals surface area (Å²) in [6.07, 6.45) is -1.52. The van der Waals surface area contributed by atoms with Gasteiger partial charge in [-0.1, -0.05) is 25.1 Å². The number of aldehydes is 1. The summed E-state index contributed by atoms with van der Waals surface area (Å²) in [5.41, 5.74) is -0.413. The van der Waals surface area contributed by atoms with Crippen LogP contribution in [0.4, 0.5) is 17.6 Å². The molecule has 2 aromatic carbocycles. The molecule has 1 aliphatic rings. The SMILES string of the molecule is CC/C=C(/NCc1cccc(C(=O)N(C)C2CCC(=O)CCC2=O)c1C=O)c1ccc(C(F)(F)F)cc1F. The summed E-state index contributed by atoms with van der Waals surface area (Å²) < 4.78 is 53.4. The standard InChI is InChI=1S/C28H28F4N2O4/c1-3-5-24(21-11-8-18(14-23(21)29)28(30,31)32)33-15-17-6-4-7-20(22(17)16-35)27(38)34(2)25-12-9-19(36)10-13-26(25)37/h4-8,11,14,16,25,33H,3,9-10,12-13,15H2,1-2H3/b24-5+. The number of allylic oxidation sites excluding steroid dienone is 1. The lowest BCUT2D eigenvalue weighted by Gasteiger charge is -2.26. The summed E-state index contributed by atoms with van der Waals surface area (Å²) in [6.45, 7) is 1.75. The summed E-state index contributed by atoms with van der Waals surface area (Å²) in [7, 11) is 1.45. The van der Waals surface area contributed by atoms with Gasteiger partial charge >= 0.3 is 6.18 Å². The van der Waals surface area contributed by atoms with Crippen LogP contribution in [0.3, 0.4) is 0 Å². The van der Waals surface area contributed by atoms with Gasteiger partial charge < -0.3 is 10.2 Å². The number of Topliss-reactive ketones (excluding diaryl/α,β-unsaturated/α-hetero) is 2. The van der Waals surface area contributed by atoms with Crippen LogP contribution in [0.25, 0.3) is 5.70 Å². The van der Waals surface area contributed by atoms with Gasteiger partial charge in [0.2, 0.25) is 0 Å². The van der Waals surface area contributed by atoms with E-state index < -0.39 is 29.5 Å². The molecule has 10 heteroatoms. The number of ketones is 2. The molecule has 1 saturated carbocycles. The monoisotopic (exact) mass is 532 g/mol. The van der Waals surface area contributed by atoms with E-state index in [0.29, 0.717) is 24.3 Å². The van der Waals surface area contributed by atoms with Gasteiger partial charge in [0.1, 0.15) is 11.6 Å². The summed E-state index contributed by atoms with van der Waals surface area (Å²) in [5, 5.41) is 2.97. The number of carbonyl (C=O) groups is 4. The first-order valence-electron chi connectivity index (χ1n) is 12.2. The van der Waals surface area contributed by atoms with E-state index in [2.05, 4.69) is 5.32 Å². The lowest BCUT2D eigenvalue weighted by atomic mass is 9.98. The lowest BCUT2D eigenvalue weighted by molar-refractivity contribution is -0.137. The third kappa shape index (κ3) is 6.54. The number of rotatable bonds is 8. The molecule has 1 aliphatic carbocycles. The van der Waals surface area contributed by atoms with E-state index in [1.54, 1.807) is 25.1 Å². The topological polar surface area (TPSA) is 83.6 Å². The van der Waals surface area contributed by atoms with Gasteiger partial charge in [-0.3, -0.25) is 19.2 Å². The molecule has 0 radical (unpaired) electrons. The van der Waals surface area contributed by atoms with E-state index in [-0.39, 0.29) is 66.2 Å². The lowest BCUT2D eigenvalue weighted by Crippen LogP contribution is -2.42. The largest absolute Gasteiger partial charge is 0.416 e. The van der Waals surface area contributed by atoms with Crippen molar-refractivity contribution in [3.63, 3.8) is 0 Å². The van der Waals surface area contributed by atoms with Crippen LogP contribution in [-0.4, -0.2) is 41.7 Å². The van der Waals surface area contributed by atoms with Crippen molar-refractivity contribution in [1.29, 1.82) is 0 Å². The van der Waals surface area contributed by atoms with E-state index in [0.717, 1.165) is 12.1 Å². The highest BCUT2D eigenvalue weighted by molar-refractivity contribution is 6.04. The Kier molecular flexibility index (Phi) is 9.19. The average molecular weight is 533 g/mol. The fraction of sp³-hybridized carbons (Fsp3) is 0.357. The maximum Gasteiger partial charge on any atom is 0.416 e. The number of alkyl halides is 3. The van der Waals surface area contributed by atoms with Crippen LogP contribution in [-0.2, 0) is 22.3 Å². The van der Waals surface area contributed by atoms with Crippen molar-refractivity contribution >= 4 is 29.5 Å². The van der Waals surface area contributed by atoms with Crippen LogP contribution < -0.4 is 5.32 Å². The van der Waals surface area contributed by atoms with Crippen molar-refractivity contribution in [2.75, 3.05) is 7.05 Å². The van der Waals surface area contributed by atoms with Gasteiger partial charge in [-0.25, -0.2) is 4.39 Å². The summed E-state index contributed by atoms with van der Waals surface area (Å²) in [6, 6.07) is 6.08. The van der Waals surface area contributed by atoms with Crippen LogP contribution in [0.15, 0.2) is 42.5 Å². The van der Waals surface area contributed by atoms with E-state index >= 15 is 0 Å². The maximum absolute atomic E-state index is 14.6. The number of benzene rings is 2. The Hall–Kier alpha value is -3.82. The number of amides is 1. The number of likely N-dealkylation sites (N-methyl/N-ethyl adjacent to an activating group) is 1.